The third-order valence-electron chi connectivity index (χ3n) is 2.41. The molecule has 0 aliphatic heterocycles. The fourth-order valence-corrected chi connectivity index (χ4v) is 1.45. The van der Waals surface area contributed by atoms with Crippen LogP contribution in [-0.4, -0.2) is 25.6 Å². The Bertz CT molecular complexity index is 416. The van der Waals surface area contributed by atoms with E-state index in [9.17, 15) is 4.79 Å². The van der Waals surface area contributed by atoms with Crippen molar-refractivity contribution < 1.29 is 9.53 Å². The molecular weight excluding hydrogens is 244 g/mol. The van der Waals surface area contributed by atoms with Gasteiger partial charge >= 0.3 is 0 Å². The van der Waals surface area contributed by atoms with Gasteiger partial charge in [0.25, 0.3) is 0 Å². The summed E-state index contributed by atoms with van der Waals surface area (Å²) in [5.41, 5.74) is 8.08. The van der Waals surface area contributed by atoms with E-state index in [4.69, 9.17) is 10.3 Å². The Morgan fingerprint density at radius 2 is 2.11 bits per heavy atom. The molecule has 1 aromatic rings. The topological polar surface area (TPSA) is 87.1 Å². The summed E-state index contributed by atoms with van der Waals surface area (Å²) in [6.45, 7) is 1.45. The highest BCUT2D eigenvalue weighted by Gasteiger charge is 2.00. The second kappa shape index (κ2) is 9.79. The summed E-state index contributed by atoms with van der Waals surface area (Å²) in [5.74, 6) is 0.740. The highest BCUT2D eigenvalue weighted by Crippen LogP contribution is 2.08. The van der Waals surface area contributed by atoms with Gasteiger partial charge in [0.2, 0.25) is 5.91 Å². The maximum Gasteiger partial charge on any atom is 0.223 e. The summed E-state index contributed by atoms with van der Waals surface area (Å²) in [6.07, 6.45) is 1.93. The third-order valence-corrected chi connectivity index (χ3v) is 2.41. The number of carbonyl (C=O) groups excluding carboxylic acids is 1. The van der Waals surface area contributed by atoms with Crippen LogP contribution in [0.25, 0.3) is 10.4 Å². The number of carbonyl (C=O) groups is 1. The molecule has 0 radical (unpaired) electrons. The molecule has 0 atom stereocenters. The van der Waals surface area contributed by atoms with Crippen LogP contribution >= 0.6 is 0 Å². The lowest BCUT2D eigenvalue weighted by Crippen LogP contribution is -2.26. The van der Waals surface area contributed by atoms with E-state index in [1.54, 1.807) is 0 Å². The first-order valence-corrected chi connectivity index (χ1v) is 6.28. The van der Waals surface area contributed by atoms with Crippen molar-refractivity contribution in [3.8, 4) is 5.75 Å². The lowest BCUT2D eigenvalue weighted by atomic mass is 10.3. The average Bonchev–Trinajstić information content (AvgIpc) is 2.44. The molecule has 1 amide bonds. The summed E-state index contributed by atoms with van der Waals surface area (Å²) >= 11 is 0. The Morgan fingerprint density at radius 3 is 2.84 bits per heavy atom. The van der Waals surface area contributed by atoms with Crippen molar-refractivity contribution in [2.45, 2.75) is 19.3 Å². The van der Waals surface area contributed by atoms with Crippen LogP contribution in [0, 0.1) is 0 Å². The Morgan fingerprint density at radius 1 is 1.32 bits per heavy atom. The number of rotatable bonds is 9. The van der Waals surface area contributed by atoms with Crippen molar-refractivity contribution in [1.82, 2.24) is 5.32 Å². The molecule has 1 N–H and O–H groups in total. The van der Waals surface area contributed by atoms with Gasteiger partial charge in [0.05, 0.1) is 13.0 Å². The lowest BCUT2D eigenvalue weighted by Gasteiger charge is -2.06. The van der Waals surface area contributed by atoms with Crippen LogP contribution < -0.4 is 10.1 Å². The lowest BCUT2D eigenvalue weighted by molar-refractivity contribution is -0.121. The minimum Gasteiger partial charge on any atom is -0.493 e. The van der Waals surface area contributed by atoms with E-state index in [0.717, 1.165) is 18.6 Å². The molecule has 0 saturated heterocycles. The van der Waals surface area contributed by atoms with Crippen molar-refractivity contribution in [1.29, 1.82) is 0 Å². The van der Waals surface area contributed by atoms with Gasteiger partial charge in [-0.2, -0.15) is 0 Å². The van der Waals surface area contributed by atoms with E-state index < -0.39 is 0 Å². The number of nitrogens with zero attached hydrogens (tertiary/aromatic N) is 3. The molecule has 0 aliphatic rings. The molecule has 0 unspecified atom stereocenters. The Kier molecular flexibility index (Phi) is 7.66. The van der Waals surface area contributed by atoms with Crippen LogP contribution in [0.5, 0.6) is 5.75 Å². The molecule has 1 aromatic carbocycles. The molecule has 102 valence electrons. The molecule has 0 spiro atoms. The number of ether oxygens (including phenoxy) is 1. The molecule has 0 saturated carbocycles. The van der Waals surface area contributed by atoms with Crippen LogP contribution in [0.2, 0.25) is 0 Å². The third kappa shape index (κ3) is 7.68. The Balaban J connectivity index is 2.00. The summed E-state index contributed by atoms with van der Waals surface area (Å²) in [6, 6.07) is 9.40. The van der Waals surface area contributed by atoms with Gasteiger partial charge in [0.15, 0.2) is 0 Å². The van der Waals surface area contributed by atoms with E-state index in [-0.39, 0.29) is 5.91 Å². The Hall–Kier alpha value is -2.20. The largest absolute Gasteiger partial charge is 0.493 e. The fourth-order valence-electron chi connectivity index (χ4n) is 1.45. The molecule has 0 fully saturated rings. The molecule has 1 rings (SSSR count). The molecule has 0 bridgehead atoms. The van der Waals surface area contributed by atoms with Gasteiger partial charge in [-0.15, -0.1) is 0 Å². The average molecular weight is 262 g/mol. The van der Waals surface area contributed by atoms with Crippen LogP contribution in [0.1, 0.15) is 19.3 Å². The minimum absolute atomic E-state index is 0.0280. The number of hydrogen-bond acceptors (Lipinski definition) is 3. The number of nitrogens with one attached hydrogen (secondary N) is 1. The molecule has 6 nitrogen and oxygen atoms in total. The second-order valence-electron chi connectivity index (χ2n) is 3.92. The maximum atomic E-state index is 11.4. The summed E-state index contributed by atoms with van der Waals surface area (Å²) in [4.78, 5) is 14.1. The van der Waals surface area contributed by atoms with Crippen LogP contribution in [-0.2, 0) is 4.79 Å². The first kappa shape index (κ1) is 14.9. The quantitative estimate of drug-likeness (QED) is 0.321. The predicted octanol–water partition coefficient (Wildman–Crippen LogP) is 2.66. The SMILES string of the molecule is [N-]=[N+]=NCCCCNC(=O)CCOc1ccccc1. The molecule has 0 aromatic heterocycles. The van der Waals surface area contributed by atoms with Gasteiger partial charge in [-0.1, -0.05) is 23.3 Å². The molecule has 0 aliphatic carbocycles. The minimum atomic E-state index is -0.0280. The van der Waals surface area contributed by atoms with Gasteiger partial charge in [0, 0.05) is 18.0 Å². The zero-order valence-corrected chi connectivity index (χ0v) is 10.8. The molecule has 6 heteroatoms. The highest BCUT2D eigenvalue weighted by atomic mass is 16.5. The van der Waals surface area contributed by atoms with Gasteiger partial charge in [-0.05, 0) is 30.5 Å². The maximum absolute atomic E-state index is 11.4. The van der Waals surface area contributed by atoms with Gasteiger partial charge in [0.1, 0.15) is 5.75 Å². The summed E-state index contributed by atoms with van der Waals surface area (Å²) in [5, 5.41) is 6.21. The van der Waals surface area contributed by atoms with E-state index in [1.165, 1.54) is 0 Å². The molecule has 0 heterocycles. The number of unbranched alkanes of at least 4 members (excludes halogenated alkanes) is 1. The number of hydrogen-bond donors (Lipinski definition) is 1. The van der Waals surface area contributed by atoms with Crippen molar-refractivity contribution in [3.63, 3.8) is 0 Å². The smallest absolute Gasteiger partial charge is 0.223 e. The van der Waals surface area contributed by atoms with Crippen LogP contribution in [0.15, 0.2) is 35.4 Å². The number of benzene rings is 1. The Labute approximate surface area is 112 Å². The van der Waals surface area contributed by atoms with E-state index in [1.807, 2.05) is 30.3 Å². The van der Waals surface area contributed by atoms with Crippen molar-refractivity contribution in [2.75, 3.05) is 19.7 Å². The first-order chi connectivity index (χ1) is 9.33. The van der Waals surface area contributed by atoms with Gasteiger partial charge in [-0.3, -0.25) is 4.79 Å². The van der Waals surface area contributed by atoms with Crippen molar-refractivity contribution >= 4 is 5.91 Å². The van der Waals surface area contributed by atoms with Crippen molar-refractivity contribution in [3.05, 3.63) is 40.8 Å². The highest BCUT2D eigenvalue weighted by molar-refractivity contribution is 5.75. The predicted molar refractivity (Wildman–Crippen MR) is 72.8 cm³/mol. The van der Waals surface area contributed by atoms with E-state index >= 15 is 0 Å². The number of amides is 1. The number of azide groups is 1. The fraction of sp³-hybridized carbons (Fsp3) is 0.462. The van der Waals surface area contributed by atoms with Gasteiger partial charge < -0.3 is 10.1 Å². The summed E-state index contributed by atoms with van der Waals surface area (Å²) in [7, 11) is 0. The molecular formula is C13H18N4O2. The van der Waals surface area contributed by atoms with E-state index in [0.29, 0.717) is 26.1 Å². The van der Waals surface area contributed by atoms with Crippen LogP contribution in [0.3, 0.4) is 0 Å². The monoisotopic (exact) mass is 262 g/mol. The standard InChI is InChI=1S/C13H18N4O2/c14-17-16-10-5-4-9-15-13(18)8-11-19-12-6-2-1-3-7-12/h1-3,6-7H,4-5,8-11H2,(H,15,18). The first-order valence-electron chi connectivity index (χ1n) is 6.28. The zero-order chi connectivity index (χ0) is 13.8. The van der Waals surface area contributed by atoms with Gasteiger partial charge in [-0.25, -0.2) is 0 Å². The van der Waals surface area contributed by atoms with Crippen LogP contribution in [0.4, 0.5) is 0 Å². The zero-order valence-electron chi connectivity index (χ0n) is 10.8. The number of para-hydroxylation sites is 1. The summed E-state index contributed by atoms with van der Waals surface area (Å²) < 4.78 is 5.42. The second-order valence-corrected chi connectivity index (χ2v) is 3.92. The van der Waals surface area contributed by atoms with Crippen molar-refractivity contribution in [2.24, 2.45) is 5.11 Å². The molecule has 19 heavy (non-hydrogen) atoms. The normalized spacial score (nSPS) is 9.47. The van der Waals surface area contributed by atoms with E-state index in [2.05, 4.69) is 15.3 Å².